The number of sulfonamides is 1. The molecule has 1 unspecified atom stereocenters. The Morgan fingerprint density at radius 3 is 2.49 bits per heavy atom. The second-order valence-electron chi connectivity index (χ2n) is 9.09. The number of nitrogens with zero attached hydrogens (tertiary/aromatic N) is 1. The highest BCUT2D eigenvalue weighted by atomic mass is 32.2. The monoisotopic (exact) mass is 507 g/mol. The molecule has 3 rings (SSSR count). The van der Waals surface area contributed by atoms with E-state index in [9.17, 15) is 22.4 Å². The first-order chi connectivity index (χ1) is 16.4. The summed E-state index contributed by atoms with van der Waals surface area (Å²) < 4.78 is 52.8. The van der Waals surface area contributed by atoms with Crippen molar-refractivity contribution in [2.75, 3.05) is 22.7 Å². The van der Waals surface area contributed by atoms with E-state index in [-0.39, 0.29) is 35.3 Å². The minimum atomic E-state index is -4.12. The van der Waals surface area contributed by atoms with Crippen LogP contribution in [0.5, 0.6) is 5.75 Å². The van der Waals surface area contributed by atoms with Gasteiger partial charge in [-0.1, -0.05) is 6.92 Å². The Morgan fingerprint density at radius 1 is 1.17 bits per heavy atom. The van der Waals surface area contributed by atoms with E-state index in [0.29, 0.717) is 18.5 Å². The highest BCUT2D eigenvalue weighted by molar-refractivity contribution is 7.92. The van der Waals surface area contributed by atoms with Crippen LogP contribution in [0.15, 0.2) is 47.4 Å². The van der Waals surface area contributed by atoms with Gasteiger partial charge in [0, 0.05) is 12.1 Å². The minimum Gasteiger partial charge on any atom is -0.484 e. The molecule has 1 atom stereocenters. The SMILES string of the molecule is CCCC(=O)NCC1CN(S(=O)(=O)c2ccc(F)cc2)c2cc(NC(=O)OC(C)(C)C)ccc2O1. The Bertz CT molecular complexity index is 1180. The third kappa shape index (κ3) is 6.84. The molecule has 0 fully saturated rings. The highest BCUT2D eigenvalue weighted by Gasteiger charge is 2.35. The summed E-state index contributed by atoms with van der Waals surface area (Å²) >= 11 is 0. The Hall–Kier alpha value is -3.34. The third-order valence-corrected chi connectivity index (χ3v) is 6.74. The smallest absolute Gasteiger partial charge is 0.412 e. The van der Waals surface area contributed by atoms with Gasteiger partial charge in [-0.25, -0.2) is 17.6 Å². The van der Waals surface area contributed by atoms with Gasteiger partial charge in [0.25, 0.3) is 10.0 Å². The van der Waals surface area contributed by atoms with E-state index in [1.807, 2.05) is 6.92 Å². The lowest BCUT2D eigenvalue weighted by atomic mass is 10.2. The summed E-state index contributed by atoms with van der Waals surface area (Å²) in [4.78, 5) is 24.0. The third-order valence-electron chi connectivity index (χ3n) is 4.94. The first-order valence-corrected chi connectivity index (χ1v) is 12.7. The summed E-state index contributed by atoms with van der Waals surface area (Å²) in [6.07, 6.45) is -0.332. The number of carbonyl (C=O) groups is 2. The van der Waals surface area contributed by atoms with E-state index in [1.165, 1.54) is 24.3 Å². The molecule has 2 amide bonds. The number of rotatable bonds is 7. The van der Waals surface area contributed by atoms with Crippen LogP contribution in [0.4, 0.5) is 20.6 Å². The fraction of sp³-hybridized carbons (Fsp3) is 0.417. The van der Waals surface area contributed by atoms with Gasteiger partial charge in [-0.15, -0.1) is 0 Å². The highest BCUT2D eigenvalue weighted by Crippen LogP contribution is 2.39. The van der Waals surface area contributed by atoms with Crippen LogP contribution in [0.3, 0.4) is 0 Å². The van der Waals surface area contributed by atoms with Gasteiger partial charge >= 0.3 is 6.09 Å². The van der Waals surface area contributed by atoms with E-state index in [1.54, 1.807) is 26.8 Å². The van der Waals surface area contributed by atoms with Crippen molar-refractivity contribution in [2.24, 2.45) is 0 Å². The van der Waals surface area contributed by atoms with Crippen LogP contribution >= 0.6 is 0 Å². The van der Waals surface area contributed by atoms with Gasteiger partial charge in [0.05, 0.1) is 23.7 Å². The molecule has 11 heteroatoms. The summed E-state index contributed by atoms with van der Waals surface area (Å²) in [6.45, 7) is 7.06. The number of hydrogen-bond donors (Lipinski definition) is 2. The number of amides is 2. The summed E-state index contributed by atoms with van der Waals surface area (Å²) in [5.41, 5.74) is -0.218. The molecule has 1 aliphatic heterocycles. The van der Waals surface area contributed by atoms with Crippen LogP contribution < -0.4 is 19.7 Å². The maximum absolute atomic E-state index is 13.5. The molecule has 0 aromatic heterocycles. The number of ether oxygens (including phenoxy) is 2. The molecule has 0 radical (unpaired) electrons. The molecule has 2 aromatic carbocycles. The van der Waals surface area contributed by atoms with Crippen molar-refractivity contribution < 1.29 is 31.9 Å². The average Bonchev–Trinajstić information content (AvgIpc) is 2.76. The fourth-order valence-electron chi connectivity index (χ4n) is 3.42. The maximum Gasteiger partial charge on any atom is 0.412 e. The zero-order chi connectivity index (χ0) is 25.8. The summed E-state index contributed by atoms with van der Waals surface area (Å²) in [6, 6.07) is 9.06. The predicted octanol–water partition coefficient (Wildman–Crippen LogP) is 4.05. The number of carbonyl (C=O) groups excluding carboxylic acids is 2. The molecule has 35 heavy (non-hydrogen) atoms. The topological polar surface area (TPSA) is 114 Å². The predicted molar refractivity (Wildman–Crippen MR) is 130 cm³/mol. The lowest BCUT2D eigenvalue weighted by Gasteiger charge is -2.36. The van der Waals surface area contributed by atoms with Crippen molar-refractivity contribution >= 4 is 33.4 Å². The average molecular weight is 508 g/mol. The minimum absolute atomic E-state index is 0.102. The van der Waals surface area contributed by atoms with Gasteiger partial charge in [0.1, 0.15) is 23.3 Å². The Balaban J connectivity index is 1.94. The standard InChI is InChI=1S/C24H30FN3O6S/c1-5-6-22(29)26-14-18-15-28(35(31,32)19-10-7-16(25)8-11-19)20-13-17(9-12-21(20)33-18)27-23(30)34-24(2,3)4/h7-13,18H,5-6,14-15H2,1-4H3,(H,26,29)(H,27,30). The first kappa shape index (κ1) is 26.3. The molecule has 0 saturated heterocycles. The van der Waals surface area contributed by atoms with Gasteiger partial charge in [-0.05, 0) is 69.7 Å². The van der Waals surface area contributed by atoms with E-state index >= 15 is 0 Å². The molecule has 0 spiro atoms. The van der Waals surface area contributed by atoms with Crippen molar-refractivity contribution in [1.82, 2.24) is 5.32 Å². The van der Waals surface area contributed by atoms with Gasteiger partial charge in [-0.3, -0.25) is 14.4 Å². The number of halogens is 1. The molecule has 0 bridgehead atoms. The van der Waals surface area contributed by atoms with E-state index in [0.717, 1.165) is 16.4 Å². The van der Waals surface area contributed by atoms with Crippen LogP contribution in [-0.4, -0.2) is 45.2 Å². The van der Waals surface area contributed by atoms with Crippen LogP contribution in [-0.2, 0) is 19.6 Å². The zero-order valence-electron chi connectivity index (χ0n) is 20.1. The molecule has 1 heterocycles. The molecule has 0 saturated carbocycles. The van der Waals surface area contributed by atoms with Gasteiger partial charge in [0.15, 0.2) is 0 Å². The van der Waals surface area contributed by atoms with Crippen molar-refractivity contribution in [3.63, 3.8) is 0 Å². The lowest BCUT2D eigenvalue weighted by molar-refractivity contribution is -0.121. The van der Waals surface area contributed by atoms with Crippen LogP contribution in [0.2, 0.25) is 0 Å². The molecule has 2 N–H and O–H groups in total. The molecular weight excluding hydrogens is 477 g/mol. The van der Waals surface area contributed by atoms with Crippen LogP contribution in [0.25, 0.3) is 0 Å². The quantitative estimate of drug-likeness (QED) is 0.585. The molecule has 2 aromatic rings. The first-order valence-electron chi connectivity index (χ1n) is 11.2. The lowest BCUT2D eigenvalue weighted by Crippen LogP contribution is -2.48. The molecule has 0 aliphatic carbocycles. The largest absolute Gasteiger partial charge is 0.484 e. The fourth-order valence-corrected chi connectivity index (χ4v) is 4.92. The second kappa shape index (κ2) is 10.5. The number of fused-ring (bicyclic) bond motifs is 1. The van der Waals surface area contributed by atoms with Crippen molar-refractivity contribution in [2.45, 2.75) is 57.1 Å². The van der Waals surface area contributed by atoms with Crippen molar-refractivity contribution in [1.29, 1.82) is 0 Å². The van der Waals surface area contributed by atoms with E-state index < -0.39 is 33.6 Å². The van der Waals surface area contributed by atoms with Crippen LogP contribution in [0, 0.1) is 5.82 Å². The van der Waals surface area contributed by atoms with Crippen molar-refractivity contribution in [3.8, 4) is 5.75 Å². The Morgan fingerprint density at radius 2 is 1.86 bits per heavy atom. The molecular formula is C24H30FN3O6S. The molecule has 9 nitrogen and oxygen atoms in total. The van der Waals surface area contributed by atoms with E-state index in [4.69, 9.17) is 9.47 Å². The van der Waals surface area contributed by atoms with Gasteiger partial charge in [0.2, 0.25) is 5.91 Å². The Kier molecular flexibility index (Phi) is 7.89. The van der Waals surface area contributed by atoms with E-state index in [2.05, 4.69) is 10.6 Å². The normalized spacial score (nSPS) is 15.6. The molecule has 1 aliphatic rings. The van der Waals surface area contributed by atoms with Gasteiger partial charge in [-0.2, -0.15) is 0 Å². The second-order valence-corrected chi connectivity index (χ2v) is 11.0. The number of hydrogen-bond acceptors (Lipinski definition) is 6. The summed E-state index contributed by atoms with van der Waals surface area (Å²) in [7, 11) is -4.12. The zero-order valence-corrected chi connectivity index (χ0v) is 20.9. The Labute approximate surface area is 204 Å². The molecule has 190 valence electrons. The van der Waals surface area contributed by atoms with Crippen molar-refractivity contribution in [3.05, 3.63) is 48.3 Å². The summed E-state index contributed by atoms with van der Waals surface area (Å²) in [5.74, 6) is -0.468. The van der Waals surface area contributed by atoms with Crippen LogP contribution in [0.1, 0.15) is 40.5 Å². The van der Waals surface area contributed by atoms with Gasteiger partial charge < -0.3 is 14.8 Å². The number of anilines is 2. The summed E-state index contributed by atoms with van der Waals surface area (Å²) in [5, 5.41) is 5.34. The number of benzene rings is 2. The maximum atomic E-state index is 13.5. The number of nitrogens with one attached hydrogen (secondary N) is 2.